The minimum absolute atomic E-state index is 0.153. The number of rotatable bonds is 6. The van der Waals surface area contributed by atoms with Crippen LogP contribution in [0.15, 0.2) is 0 Å². The number of aliphatic hydroxyl groups excluding tert-OH is 42. The molecular weight excluding hydrogens is 1610 g/mol. The van der Waals surface area contributed by atoms with Crippen LogP contribution in [0, 0.1) is 0 Å². The number of carboxylic acids is 1. The predicted octanol–water partition coefficient (Wildman–Crippen LogP) is -26.8. The van der Waals surface area contributed by atoms with Crippen molar-refractivity contribution in [3.8, 4) is 0 Å². The summed E-state index contributed by atoms with van der Waals surface area (Å²) >= 11 is 0. The van der Waals surface area contributed by atoms with E-state index in [-0.39, 0.29) is 13.2 Å². The van der Waals surface area contributed by atoms with E-state index in [1.807, 2.05) is 0 Å². The Bertz CT molecular complexity index is 2350. The zero-order valence-corrected chi connectivity index (χ0v) is 61.7. The first-order chi connectivity index (χ1) is 53.5. The number of carbonyl (C=O) groups excluding carboxylic acids is 1. The van der Waals surface area contributed by atoms with Gasteiger partial charge in [-0.25, -0.2) is 4.79 Å². The van der Waals surface area contributed by atoms with Gasteiger partial charge in [0, 0.05) is 0 Å². The molecule has 0 spiro atoms. The molecule has 0 aromatic rings. The van der Waals surface area contributed by atoms with Crippen LogP contribution in [0.5, 0.6) is 0 Å². The second-order valence-corrected chi connectivity index (χ2v) is 26.9. The Morgan fingerprint density at radius 2 is 0.491 bits per heavy atom. The standard InChI is InChI=1S/C7H12O6.C7H14O5.C6H13NO5.C6H10O7.2C6H12O6.2C6H12O5.2C5H10O5/c1-2(8)6-4(10)3(9)5(11)7(12)13-6;1-2-3-4(8)5(9)6(10)7(11)12-3;7-3-5(10)4(9)2(1-8)12-6(3)11;7-1-2(8)4(5(10)11)13-6(12)3(1)9;2*7-1-2-3(8)4(9)5(10)6(11)12-2;2*1-2-3(7)4(8)5(9)6(10)11-2;2*6-2-1-10-5(9)4(8)3(2)7/h3-7,9-12H,1H3;3-11H,2H2,1H3;2-6,8-11H,1,7H2;1-4,6-9,12H,(H,10,11);2*2-11H,1H2;2*2-10H,1H3;2*2-9H,1H2/t3-,4-,5+,6+,7?;3-,4-,5+,6-,7-;2-,3-,4+,5-,6-;1-,2+,3+,4-,6?;2-,3+,4+,5-,6?;2-,3-,4+,5+,6?;2-,3+,4+,5-,6?;2-,3-,4+,5+,6?;2-,3?,4+,5?;2-,3+,4-,5?/m0110111111/s1. The first-order valence-electron chi connectivity index (χ1n) is 34.9. The number of aliphatic hydroxyl groups is 42. The van der Waals surface area contributed by atoms with Gasteiger partial charge in [-0.3, -0.25) is 4.79 Å². The van der Waals surface area contributed by atoms with Crippen LogP contribution in [0.4, 0.5) is 0 Å². The van der Waals surface area contributed by atoms with E-state index in [2.05, 4.69) is 37.9 Å². The fraction of sp³-hybridized carbons (Fsp3) is 0.967. The molecule has 0 aromatic heterocycles. The molecule has 0 aliphatic carbocycles. The number of ketones is 1. The highest BCUT2D eigenvalue weighted by Crippen LogP contribution is 2.27. The van der Waals surface area contributed by atoms with E-state index in [1.54, 1.807) is 6.92 Å². The van der Waals surface area contributed by atoms with Crippen LogP contribution in [0.3, 0.4) is 0 Å². The summed E-state index contributed by atoms with van der Waals surface area (Å²) in [6.07, 6.45) is -63.1. The summed E-state index contributed by atoms with van der Waals surface area (Å²) in [5.74, 6) is -2.03. The summed E-state index contributed by atoms with van der Waals surface area (Å²) in [5, 5.41) is 385. The lowest BCUT2D eigenvalue weighted by molar-refractivity contribution is -0.286. The molecule has 0 aromatic carbocycles. The predicted molar refractivity (Wildman–Crippen MR) is 354 cm³/mol. The topological polar surface area (TPSA) is 1020 Å². The summed E-state index contributed by atoms with van der Waals surface area (Å²) < 4.78 is 45.9. The zero-order valence-electron chi connectivity index (χ0n) is 61.7. The minimum Gasteiger partial charge on any atom is -0.479 e. The Kier molecular flexibility index (Phi) is 49.7. The lowest BCUT2D eigenvalue weighted by atomic mass is 9.97. The molecule has 10 aliphatic heterocycles. The van der Waals surface area contributed by atoms with Gasteiger partial charge in [0.05, 0.1) is 57.4 Å². The van der Waals surface area contributed by atoms with Gasteiger partial charge in [-0.05, 0) is 27.2 Å². The highest BCUT2D eigenvalue weighted by Gasteiger charge is 2.50. The van der Waals surface area contributed by atoms with E-state index in [0.717, 1.165) is 6.92 Å². The monoisotopic (exact) mass is 1730 g/mol. The number of carboxylic acid groups (broad SMARTS) is 1. The number of nitrogens with two attached hydrogens (primary N) is 1. The van der Waals surface area contributed by atoms with Crippen molar-refractivity contribution >= 4 is 11.8 Å². The molecule has 56 heteroatoms. The smallest absolute Gasteiger partial charge is 0.335 e. The van der Waals surface area contributed by atoms with Crippen LogP contribution >= 0.6 is 0 Å². The van der Waals surface area contributed by atoms with E-state index < -0.39 is 326 Å². The first kappa shape index (κ1) is 111. The maximum absolute atomic E-state index is 10.8. The number of hydrogen-bond acceptors (Lipinski definition) is 55. The second-order valence-electron chi connectivity index (χ2n) is 26.9. The number of Topliss-reactive ketones (excluding diaryl/α,β-unsaturated/α-hetero) is 1. The van der Waals surface area contributed by atoms with E-state index in [9.17, 15) is 35.1 Å². The SMILES string of the molecule is CC(=O)[C@H]1OC(O)[C@H](O)[C@@H](O)[C@@H]1O.CC[C@H]1O[C@@H](O)[C@H](O)[C@@H](O)[C@@H]1O.C[C@H]1OC(O)[C@@H](O)[C@@H](O)[C@@H]1O.C[C@H]1OC(O)[C@H](O)[C@@H](O)[C@H]1O.N[C@@H]1[C@@H](O)[C@@H](O)[C@@H](CO)O[C@H]1O.O=C(O)[C@H]1OC(O)[C@H](O)[C@@H](O)[C@H]1O.OC1OC[C@@H](O)C(O)[C@@H]1O.OC1OC[C@@H](O)[C@H](O)[C@H]1O.OC[C@H]1OC(O)[C@@H](O)[C@@H](O)[C@@H]1O.OC[C@H]1OC(O)[C@H](O)[C@@H](O)[C@H]1O. The maximum atomic E-state index is 10.8. The lowest BCUT2D eigenvalue weighted by Gasteiger charge is -2.38. The van der Waals surface area contributed by atoms with Gasteiger partial charge in [-0.1, -0.05) is 6.92 Å². The molecule has 10 rings (SSSR count). The van der Waals surface area contributed by atoms with Crippen molar-refractivity contribution in [1.82, 2.24) is 0 Å². The van der Waals surface area contributed by atoms with Gasteiger partial charge < -0.3 is 273 Å². The molecule has 692 valence electrons. The fourth-order valence-corrected chi connectivity index (χ4v) is 10.5. The van der Waals surface area contributed by atoms with E-state index in [1.165, 1.54) is 13.8 Å². The Labute approximate surface area is 654 Å². The Balaban J connectivity index is 0.000000645. The van der Waals surface area contributed by atoms with Crippen molar-refractivity contribution < 1.29 is 277 Å². The third kappa shape index (κ3) is 31.4. The summed E-state index contributed by atoms with van der Waals surface area (Å²) in [7, 11) is 0. The van der Waals surface area contributed by atoms with Crippen molar-refractivity contribution in [3.05, 3.63) is 0 Å². The number of ether oxygens (including phenoxy) is 10. The molecule has 0 radical (unpaired) electrons. The maximum Gasteiger partial charge on any atom is 0.335 e. The van der Waals surface area contributed by atoms with E-state index in [4.69, 9.17) is 209 Å². The number of hydrogen-bond donors (Lipinski definition) is 44. The molecule has 10 fully saturated rings. The Morgan fingerprint density at radius 1 is 0.267 bits per heavy atom. The Hall–Kier alpha value is -2.98. The van der Waals surface area contributed by atoms with Crippen molar-refractivity contribution in [2.45, 2.75) is 329 Å². The molecule has 0 saturated carbocycles. The third-order valence-electron chi connectivity index (χ3n) is 18.2. The van der Waals surface area contributed by atoms with Crippen LogP contribution in [0.2, 0.25) is 0 Å². The molecule has 56 nitrogen and oxygen atoms in total. The average molecular weight is 1730 g/mol. The summed E-state index contributed by atoms with van der Waals surface area (Å²) in [5.41, 5.74) is 5.26. The number of aliphatic carboxylic acids is 1. The molecule has 10 saturated heterocycles. The van der Waals surface area contributed by atoms with Gasteiger partial charge >= 0.3 is 5.97 Å². The van der Waals surface area contributed by atoms with E-state index >= 15 is 0 Å². The fourth-order valence-electron chi connectivity index (χ4n) is 10.5. The van der Waals surface area contributed by atoms with Gasteiger partial charge in [0.15, 0.2) is 74.8 Å². The highest BCUT2D eigenvalue weighted by atomic mass is 16.7. The molecule has 10 heterocycles. The molecule has 10 aliphatic rings. The van der Waals surface area contributed by atoms with Gasteiger partial charge in [0.1, 0.15) is 201 Å². The molecule has 9 unspecified atom stereocenters. The molecule has 45 N–H and O–H groups in total. The summed E-state index contributed by atoms with van der Waals surface area (Å²) in [4.78, 5) is 21.2. The average Bonchev–Trinajstić information content (AvgIpc) is 0.844. The van der Waals surface area contributed by atoms with Crippen LogP contribution in [0.25, 0.3) is 0 Å². The third-order valence-corrected chi connectivity index (χ3v) is 18.2. The van der Waals surface area contributed by atoms with Gasteiger partial charge in [-0.15, -0.1) is 0 Å². The minimum atomic E-state index is -1.81. The van der Waals surface area contributed by atoms with Crippen LogP contribution in [-0.2, 0) is 57.0 Å². The van der Waals surface area contributed by atoms with Crippen molar-refractivity contribution in [2.75, 3.05) is 33.0 Å². The Morgan fingerprint density at radius 3 is 0.767 bits per heavy atom. The molecule has 0 bridgehead atoms. The van der Waals surface area contributed by atoms with Crippen molar-refractivity contribution in [1.29, 1.82) is 0 Å². The highest BCUT2D eigenvalue weighted by molar-refractivity contribution is 5.81. The zero-order chi connectivity index (χ0) is 90.2. The van der Waals surface area contributed by atoms with Gasteiger partial charge in [0.25, 0.3) is 0 Å². The summed E-state index contributed by atoms with van der Waals surface area (Å²) in [6.45, 7) is 4.09. The van der Waals surface area contributed by atoms with Crippen LogP contribution in [0.1, 0.15) is 34.1 Å². The number of carbonyl (C=O) groups is 2. The molecular formula is C60H117NO55. The molecule has 116 heavy (non-hydrogen) atoms. The van der Waals surface area contributed by atoms with Crippen LogP contribution < -0.4 is 5.73 Å². The van der Waals surface area contributed by atoms with Gasteiger partial charge in [0.2, 0.25) is 0 Å². The normalized spacial score (nSPS) is 49.2. The summed E-state index contributed by atoms with van der Waals surface area (Å²) in [6, 6.07) is -1.04. The quantitative estimate of drug-likeness (QED) is 0.117. The molecule has 0 amide bonds. The second kappa shape index (κ2) is 52.0. The first-order valence-corrected chi connectivity index (χ1v) is 34.9. The van der Waals surface area contributed by atoms with Crippen LogP contribution in [-0.4, -0.2) is 559 Å². The molecule has 48 atom stereocenters. The van der Waals surface area contributed by atoms with Crippen molar-refractivity contribution in [2.24, 2.45) is 5.73 Å². The largest absolute Gasteiger partial charge is 0.479 e. The van der Waals surface area contributed by atoms with Gasteiger partial charge in [-0.2, -0.15) is 0 Å². The van der Waals surface area contributed by atoms with Crippen molar-refractivity contribution in [3.63, 3.8) is 0 Å². The lowest BCUT2D eigenvalue weighted by Crippen LogP contribution is -2.61. The van der Waals surface area contributed by atoms with E-state index in [0.29, 0.717) is 6.42 Å².